The van der Waals surface area contributed by atoms with Crippen molar-refractivity contribution in [3.05, 3.63) is 54.1 Å². The minimum absolute atomic E-state index is 0.0416. The summed E-state index contributed by atoms with van der Waals surface area (Å²) < 4.78 is 97.2. The quantitative estimate of drug-likeness (QED) is 0.333. The summed E-state index contributed by atoms with van der Waals surface area (Å²) in [6.07, 6.45) is -2.76. The normalized spacial score (nSPS) is 15.4. The molecule has 40 heavy (non-hydrogen) atoms. The lowest BCUT2D eigenvalue weighted by Crippen LogP contribution is -2.42. The molecule has 12 nitrogen and oxygen atoms in total. The fraction of sp³-hybridized carbons (Fsp3) is 0.348. The zero-order chi connectivity index (χ0) is 29.1. The summed E-state index contributed by atoms with van der Waals surface area (Å²) in [5.41, 5.74) is -0.584. The number of piperidine rings is 1. The number of hydrogen-bond donors (Lipinski definition) is 3. The Labute approximate surface area is 229 Å². The molecule has 1 aromatic heterocycles. The lowest BCUT2D eigenvalue weighted by atomic mass is 10.1. The maximum absolute atomic E-state index is 13.2. The number of nitrogens with zero attached hydrogens (tertiary/aromatic N) is 4. The second-order valence-electron chi connectivity index (χ2n) is 8.90. The fourth-order valence-corrected chi connectivity index (χ4v) is 6.05. The molecule has 3 aromatic rings. The van der Waals surface area contributed by atoms with Crippen molar-refractivity contribution >= 4 is 43.3 Å². The summed E-state index contributed by atoms with van der Waals surface area (Å²) in [4.78, 5) is 12.3. The van der Waals surface area contributed by atoms with Gasteiger partial charge in [-0.25, -0.2) is 16.8 Å². The van der Waals surface area contributed by atoms with E-state index < -0.39 is 31.8 Å². The van der Waals surface area contributed by atoms with Crippen LogP contribution in [0.4, 0.5) is 36.4 Å². The number of benzene rings is 2. The van der Waals surface area contributed by atoms with Crippen LogP contribution in [-0.2, 0) is 26.2 Å². The number of methoxy groups -OCH3 is 1. The van der Waals surface area contributed by atoms with Crippen molar-refractivity contribution in [2.75, 3.05) is 41.8 Å². The van der Waals surface area contributed by atoms with Crippen molar-refractivity contribution < 1.29 is 34.7 Å². The Morgan fingerprint density at radius 2 is 1.57 bits per heavy atom. The van der Waals surface area contributed by atoms with E-state index in [2.05, 4.69) is 30.3 Å². The molecule has 3 N–H and O–H groups in total. The zero-order valence-corrected chi connectivity index (χ0v) is 22.9. The van der Waals surface area contributed by atoms with Crippen molar-refractivity contribution in [1.29, 1.82) is 0 Å². The number of halogens is 3. The molecule has 4 rings (SSSR count). The molecule has 0 atom stereocenters. The van der Waals surface area contributed by atoms with E-state index in [-0.39, 0.29) is 53.3 Å². The number of anilines is 4. The molecule has 0 bridgehead atoms. The molecule has 1 aliphatic rings. The maximum atomic E-state index is 13.2. The average Bonchev–Trinajstić information content (AvgIpc) is 2.88. The first-order chi connectivity index (χ1) is 18.7. The zero-order valence-electron chi connectivity index (χ0n) is 21.3. The summed E-state index contributed by atoms with van der Waals surface area (Å²) in [6.45, 7) is 0.336. The van der Waals surface area contributed by atoms with E-state index in [1.54, 1.807) is 0 Å². The first kappa shape index (κ1) is 29.3. The smallest absolute Gasteiger partial charge is 0.416 e. The van der Waals surface area contributed by atoms with Crippen molar-refractivity contribution in [3.63, 3.8) is 0 Å². The van der Waals surface area contributed by atoms with Crippen LogP contribution in [0.1, 0.15) is 18.4 Å². The summed E-state index contributed by atoms with van der Waals surface area (Å²) in [5, 5.41) is 5.82. The Morgan fingerprint density at radius 3 is 2.23 bits per heavy atom. The van der Waals surface area contributed by atoms with E-state index in [0.29, 0.717) is 12.8 Å². The van der Waals surface area contributed by atoms with Crippen LogP contribution in [0.15, 0.2) is 53.4 Å². The largest absolute Gasteiger partial charge is 0.467 e. The van der Waals surface area contributed by atoms with Crippen LogP contribution < -0.4 is 20.1 Å². The molecule has 1 aliphatic heterocycles. The van der Waals surface area contributed by atoms with Gasteiger partial charge in [0.15, 0.2) is 0 Å². The Hall–Kier alpha value is -3.70. The van der Waals surface area contributed by atoms with Gasteiger partial charge in [-0.2, -0.15) is 32.4 Å². The van der Waals surface area contributed by atoms with Crippen LogP contribution >= 0.6 is 0 Å². The van der Waals surface area contributed by atoms with E-state index in [1.807, 2.05) is 0 Å². The molecule has 0 unspecified atom stereocenters. The first-order valence-electron chi connectivity index (χ1n) is 11.8. The molecular formula is C23H26F3N7O5S2. The van der Waals surface area contributed by atoms with Gasteiger partial charge in [-0.05, 0) is 49.2 Å². The number of sulfonamides is 2. The Kier molecular flexibility index (Phi) is 8.36. The number of ether oxygens (including phenoxy) is 1. The highest BCUT2D eigenvalue weighted by atomic mass is 32.2. The minimum atomic E-state index is -4.51. The van der Waals surface area contributed by atoms with Crippen LogP contribution in [-0.4, -0.2) is 68.6 Å². The second kappa shape index (κ2) is 11.4. The van der Waals surface area contributed by atoms with Gasteiger partial charge in [0.1, 0.15) is 0 Å². The third-order valence-corrected chi connectivity index (χ3v) is 8.31. The van der Waals surface area contributed by atoms with Crippen LogP contribution in [0.2, 0.25) is 0 Å². The molecule has 2 heterocycles. The number of hydrogen-bond acceptors (Lipinski definition) is 10. The lowest BCUT2D eigenvalue weighted by Gasteiger charge is -2.31. The van der Waals surface area contributed by atoms with Crippen molar-refractivity contribution in [1.82, 2.24) is 19.3 Å². The highest BCUT2D eigenvalue weighted by Crippen LogP contribution is 2.31. The number of rotatable bonds is 9. The first-order valence-corrected chi connectivity index (χ1v) is 15.1. The van der Waals surface area contributed by atoms with E-state index in [4.69, 9.17) is 4.74 Å². The van der Waals surface area contributed by atoms with E-state index in [9.17, 15) is 30.0 Å². The number of nitrogens with one attached hydrogen (secondary N) is 3. The van der Waals surface area contributed by atoms with Crippen LogP contribution in [0.5, 0.6) is 6.01 Å². The van der Waals surface area contributed by atoms with Crippen LogP contribution in [0, 0.1) is 0 Å². The van der Waals surface area contributed by atoms with Crippen LogP contribution in [0.3, 0.4) is 0 Å². The van der Waals surface area contributed by atoms with Crippen molar-refractivity contribution in [2.45, 2.75) is 30.0 Å². The SMILES string of the molecule is COc1nc(Nc2cccc(C(F)(F)F)c2)nc(NC2CCN(S(=O)(=O)c3cccc(NS(C)(=O)=O)c3)CC2)n1. The molecule has 1 saturated heterocycles. The highest BCUT2D eigenvalue weighted by molar-refractivity contribution is 7.92. The fourth-order valence-electron chi connectivity index (χ4n) is 3.98. The molecule has 0 radical (unpaired) electrons. The lowest BCUT2D eigenvalue weighted by molar-refractivity contribution is -0.137. The topological polar surface area (TPSA) is 156 Å². The summed E-state index contributed by atoms with van der Waals surface area (Å²) >= 11 is 0. The van der Waals surface area contributed by atoms with Gasteiger partial charge in [0.05, 0.1) is 23.8 Å². The molecule has 216 valence electrons. The summed E-state index contributed by atoms with van der Waals surface area (Å²) in [5.74, 6) is 0.0541. The highest BCUT2D eigenvalue weighted by Gasteiger charge is 2.31. The molecule has 17 heteroatoms. The summed E-state index contributed by atoms with van der Waals surface area (Å²) in [7, 11) is -6.13. The monoisotopic (exact) mass is 601 g/mol. The molecule has 0 saturated carbocycles. The predicted octanol–water partition coefficient (Wildman–Crippen LogP) is 3.28. The molecule has 0 aliphatic carbocycles. The van der Waals surface area contributed by atoms with Gasteiger partial charge in [0.2, 0.25) is 31.9 Å². The summed E-state index contributed by atoms with van der Waals surface area (Å²) in [6, 6.07) is 9.81. The van der Waals surface area contributed by atoms with Gasteiger partial charge in [0, 0.05) is 30.5 Å². The van der Waals surface area contributed by atoms with Gasteiger partial charge < -0.3 is 15.4 Å². The molecule has 0 amide bonds. The van der Waals surface area contributed by atoms with Gasteiger partial charge in [-0.1, -0.05) is 12.1 Å². The van der Waals surface area contributed by atoms with Crippen molar-refractivity contribution in [2.24, 2.45) is 0 Å². The molecule has 0 spiro atoms. The Bertz CT molecular complexity index is 1580. The van der Waals surface area contributed by atoms with Crippen molar-refractivity contribution in [3.8, 4) is 6.01 Å². The molecule has 1 fully saturated rings. The third-order valence-electron chi connectivity index (χ3n) is 5.81. The van der Waals surface area contributed by atoms with Gasteiger partial charge in [-0.15, -0.1) is 0 Å². The van der Waals surface area contributed by atoms with E-state index >= 15 is 0 Å². The Morgan fingerprint density at radius 1 is 0.925 bits per heavy atom. The standard InChI is InChI=1S/C23H26F3N7O5S2/c1-38-22-30-20(29-21(31-22)28-17-6-3-5-15(13-17)23(24,25)26)27-16-9-11-33(12-10-16)40(36,37)19-8-4-7-18(14-19)32-39(2,34)35/h3-8,13-14,16,32H,9-12H2,1-2H3,(H2,27,28,29,30,31). The predicted molar refractivity (Wildman–Crippen MR) is 141 cm³/mol. The average molecular weight is 602 g/mol. The van der Waals surface area contributed by atoms with Gasteiger partial charge in [-0.3, -0.25) is 4.72 Å². The second-order valence-corrected chi connectivity index (χ2v) is 12.6. The Balaban J connectivity index is 1.43. The van der Waals surface area contributed by atoms with Gasteiger partial charge in [0.25, 0.3) is 0 Å². The number of aromatic nitrogens is 3. The number of alkyl halides is 3. The third kappa shape index (κ3) is 7.48. The maximum Gasteiger partial charge on any atom is 0.416 e. The molecular weight excluding hydrogens is 575 g/mol. The van der Waals surface area contributed by atoms with Gasteiger partial charge >= 0.3 is 12.2 Å². The molecule has 2 aromatic carbocycles. The van der Waals surface area contributed by atoms with Crippen LogP contribution in [0.25, 0.3) is 0 Å². The van der Waals surface area contributed by atoms with E-state index in [0.717, 1.165) is 18.4 Å². The van der Waals surface area contributed by atoms with E-state index in [1.165, 1.54) is 47.8 Å². The minimum Gasteiger partial charge on any atom is -0.467 e.